The predicted molar refractivity (Wildman–Crippen MR) is 52.8 cm³/mol. The van der Waals surface area contributed by atoms with Crippen LogP contribution in [0.2, 0.25) is 0 Å². The number of hydrogen-bond donors (Lipinski definition) is 0. The van der Waals surface area contributed by atoms with Crippen molar-refractivity contribution < 1.29 is 22.7 Å². The van der Waals surface area contributed by atoms with Crippen molar-refractivity contribution in [2.24, 2.45) is 0 Å². The number of furan rings is 1. The summed E-state index contributed by atoms with van der Waals surface area (Å²) in [4.78, 5) is 10.8. The van der Waals surface area contributed by atoms with Crippen molar-refractivity contribution in [2.75, 3.05) is 7.11 Å². The van der Waals surface area contributed by atoms with E-state index >= 15 is 0 Å². The Bertz CT molecular complexity index is 572. The van der Waals surface area contributed by atoms with E-state index in [9.17, 15) is 13.6 Å². The molecule has 2 aromatic rings. The Balaban J connectivity index is 2.99. The summed E-state index contributed by atoms with van der Waals surface area (Å²) < 4.78 is 36.8. The second-order valence-corrected chi connectivity index (χ2v) is 3.27. The van der Waals surface area contributed by atoms with Crippen LogP contribution >= 0.6 is 0 Å². The van der Waals surface area contributed by atoms with Gasteiger partial charge in [-0.15, -0.1) is 0 Å². The normalized spacial score (nSPS) is 10.8. The van der Waals surface area contributed by atoms with Crippen LogP contribution in [0.3, 0.4) is 0 Å². The first kappa shape index (κ1) is 10.6. The fourth-order valence-electron chi connectivity index (χ4n) is 1.61. The number of hydrogen-bond acceptors (Lipinski definition) is 3. The van der Waals surface area contributed by atoms with Crippen LogP contribution in [0, 0.1) is 18.6 Å². The van der Waals surface area contributed by atoms with Crippen LogP contribution < -0.4 is 4.74 Å². The van der Waals surface area contributed by atoms with E-state index in [1.54, 1.807) is 0 Å². The molecule has 1 aromatic heterocycles. The molecular formula is C11H8F2O3. The van der Waals surface area contributed by atoms with Gasteiger partial charge in [0.05, 0.1) is 18.1 Å². The summed E-state index contributed by atoms with van der Waals surface area (Å²) in [6.07, 6.45) is 0.434. The molecule has 0 N–H and O–H groups in total. The predicted octanol–water partition coefficient (Wildman–Crippen LogP) is 2.84. The van der Waals surface area contributed by atoms with Crippen LogP contribution in [0.25, 0.3) is 11.0 Å². The molecule has 0 unspecified atom stereocenters. The number of aryl methyl sites for hydroxylation is 1. The molecule has 0 radical (unpaired) electrons. The number of carbonyl (C=O) groups is 1. The molecule has 0 spiro atoms. The number of ether oxygens (including phenoxy) is 1. The molecule has 0 fully saturated rings. The highest BCUT2D eigenvalue weighted by Crippen LogP contribution is 2.35. The minimum absolute atomic E-state index is 0.00491. The largest absolute Gasteiger partial charge is 0.493 e. The maximum absolute atomic E-state index is 13.5. The minimum Gasteiger partial charge on any atom is -0.493 e. The van der Waals surface area contributed by atoms with Gasteiger partial charge in [-0.3, -0.25) is 4.79 Å². The van der Waals surface area contributed by atoms with E-state index in [1.165, 1.54) is 14.0 Å². The van der Waals surface area contributed by atoms with Crippen LogP contribution in [0.1, 0.15) is 16.1 Å². The summed E-state index contributed by atoms with van der Waals surface area (Å²) in [6.45, 7) is 1.50. The van der Waals surface area contributed by atoms with Gasteiger partial charge >= 0.3 is 0 Å². The molecular weight excluding hydrogens is 218 g/mol. The van der Waals surface area contributed by atoms with Crippen LogP contribution in [-0.4, -0.2) is 13.4 Å². The zero-order chi connectivity index (χ0) is 11.9. The summed E-state index contributed by atoms with van der Waals surface area (Å²) >= 11 is 0. The van der Waals surface area contributed by atoms with Crippen molar-refractivity contribution in [3.05, 3.63) is 29.0 Å². The SMILES string of the molecule is COc1cc(F)c(F)c2c(C=O)c(C)oc12. The standard InChI is InChI=1S/C11H8F2O3/c1-5-6(4-14)9-10(13)7(12)3-8(15-2)11(9)16-5/h3-4H,1-2H3. The third-order valence-electron chi connectivity index (χ3n) is 2.38. The third-order valence-corrected chi connectivity index (χ3v) is 2.38. The molecule has 0 aliphatic rings. The zero-order valence-corrected chi connectivity index (χ0v) is 8.64. The highest BCUT2D eigenvalue weighted by molar-refractivity contribution is 6.00. The van der Waals surface area contributed by atoms with Crippen molar-refractivity contribution in [1.82, 2.24) is 0 Å². The van der Waals surface area contributed by atoms with Gasteiger partial charge < -0.3 is 9.15 Å². The Morgan fingerprint density at radius 3 is 2.69 bits per heavy atom. The van der Waals surface area contributed by atoms with Crippen molar-refractivity contribution in [2.45, 2.75) is 6.92 Å². The van der Waals surface area contributed by atoms with Crippen LogP contribution in [0.5, 0.6) is 5.75 Å². The first-order valence-corrected chi connectivity index (χ1v) is 4.50. The van der Waals surface area contributed by atoms with Gasteiger partial charge in [0, 0.05) is 6.07 Å². The van der Waals surface area contributed by atoms with Crippen LogP contribution in [0.15, 0.2) is 10.5 Å². The Hall–Kier alpha value is -1.91. The first-order valence-electron chi connectivity index (χ1n) is 4.50. The van der Waals surface area contributed by atoms with Gasteiger partial charge in [-0.25, -0.2) is 8.78 Å². The minimum atomic E-state index is -1.10. The van der Waals surface area contributed by atoms with E-state index in [4.69, 9.17) is 9.15 Å². The first-order chi connectivity index (χ1) is 7.60. The molecule has 0 aliphatic carbocycles. The molecule has 0 saturated carbocycles. The van der Waals surface area contributed by atoms with E-state index < -0.39 is 11.6 Å². The highest BCUT2D eigenvalue weighted by atomic mass is 19.2. The summed E-state index contributed by atoms with van der Waals surface area (Å²) in [5.41, 5.74) is 0.0475. The summed E-state index contributed by atoms with van der Waals surface area (Å²) in [7, 11) is 1.31. The molecule has 84 valence electrons. The topological polar surface area (TPSA) is 39.4 Å². The third kappa shape index (κ3) is 1.28. The number of halogens is 2. The molecule has 0 aliphatic heterocycles. The van der Waals surface area contributed by atoms with Crippen LogP contribution in [0.4, 0.5) is 8.78 Å². The lowest BCUT2D eigenvalue weighted by atomic mass is 10.1. The molecule has 2 rings (SSSR count). The fraction of sp³-hybridized carbons (Fsp3) is 0.182. The maximum atomic E-state index is 13.5. The Morgan fingerprint density at radius 2 is 2.12 bits per heavy atom. The van der Waals surface area contributed by atoms with Gasteiger partial charge in [0.25, 0.3) is 0 Å². The average Bonchev–Trinajstić information content (AvgIpc) is 2.60. The number of rotatable bonds is 2. The molecule has 0 atom stereocenters. The van der Waals surface area contributed by atoms with Gasteiger partial charge in [0.2, 0.25) is 0 Å². The second-order valence-electron chi connectivity index (χ2n) is 3.27. The molecule has 5 heteroatoms. The lowest BCUT2D eigenvalue weighted by Gasteiger charge is -2.02. The van der Waals surface area contributed by atoms with Gasteiger partial charge in [0.15, 0.2) is 29.3 Å². The number of methoxy groups -OCH3 is 1. The van der Waals surface area contributed by atoms with Crippen molar-refractivity contribution in [3.63, 3.8) is 0 Å². The monoisotopic (exact) mass is 226 g/mol. The average molecular weight is 226 g/mol. The molecule has 1 heterocycles. The van der Waals surface area contributed by atoms with Crippen molar-refractivity contribution in [3.8, 4) is 5.75 Å². The summed E-state index contributed by atoms with van der Waals surface area (Å²) in [6, 6.07) is 0.884. The number of fused-ring (bicyclic) bond motifs is 1. The lowest BCUT2D eigenvalue weighted by molar-refractivity contribution is 0.112. The zero-order valence-electron chi connectivity index (χ0n) is 8.64. The van der Waals surface area contributed by atoms with E-state index in [-0.39, 0.29) is 28.0 Å². The van der Waals surface area contributed by atoms with Crippen molar-refractivity contribution >= 4 is 17.3 Å². The van der Waals surface area contributed by atoms with E-state index in [2.05, 4.69) is 0 Å². The molecule has 0 saturated heterocycles. The highest BCUT2D eigenvalue weighted by Gasteiger charge is 2.21. The van der Waals surface area contributed by atoms with E-state index in [0.717, 1.165) is 6.07 Å². The van der Waals surface area contributed by atoms with Crippen LogP contribution in [-0.2, 0) is 0 Å². The Morgan fingerprint density at radius 1 is 1.44 bits per heavy atom. The second kappa shape index (κ2) is 3.59. The fourth-order valence-corrected chi connectivity index (χ4v) is 1.61. The Kier molecular flexibility index (Phi) is 2.38. The van der Waals surface area contributed by atoms with Crippen molar-refractivity contribution in [1.29, 1.82) is 0 Å². The Labute approximate surface area is 89.6 Å². The quantitative estimate of drug-likeness (QED) is 0.739. The van der Waals surface area contributed by atoms with Gasteiger partial charge in [-0.1, -0.05) is 0 Å². The summed E-state index contributed by atoms with van der Waals surface area (Å²) in [5.74, 6) is -1.89. The van der Waals surface area contributed by atoms with E-state index in [1.807, 2.05) is 0 Å². The van der Waals surface area contributed by atoms with E-state index in [0.29, 0.717) is 6.29 Å². The number of aldehydes is 1. The van der Waals surface area contributed by atoms with Gasteiger partial charge in [0.1, 0.15) is 5.76 Å². The van der Waals surface area contributed by atoms with Gasteiger partial charge in [-0.05, 0) is 6.92 Å². The number of carbonyl (C=O) groups excluding carboxylic acids is 1. The molecule has 0 amide bonds. The van der Waals surface area contributed by atoms with Gasteiger partial charge in [-0.2, -0.15) is 0 Å². The summed E-state index contributed by atoms with van der Waals surface area (Å²) in [5, 5.41) is -0.177. The molecule has 16 heavy (non-hydrogen) atoms. The smallest absolute Gasteiger partial charge is 0.180 e. The lowest BCUT2D eigenvalue weighted by Crippen LogP contribution is -1.92. The number of benzene rings is 1. The molecule has 0 bridgehead atoms. The maximum Gasteiger partial charge on any atom is 0.180 e. The molecule has 3 nitrogen and oxygen atoms in total. The molecule has 1 aromatic carbocycles.